The van der Waals surface area contributed by atoms with Gasteiger partial charge >= 0.3 is 0 Å². The molecule has 0 fully saturated rings. The van der Waals surface area contributed by atoms with Gasteiger partial charge in [-0.3, -0.25) is 0 Å². The third kappa shape index (κ3) is 3.33. The molecule has 21 heavy (non-hydrogen) atoms. The number of nitrogens with zero attached hydrogens (tertiary/aromatic N) is 1. The average molecular weight is 377 g/mol. The van der Waals surface area contributed by atoms with Crippen molar-refractivity contribution in [3.05, 3.63) is 57.8 Å². The summed E-state index contributed by atoms with van der Waals surface area (Å²) in [7, 11) is 0. The lowest BCUT2D eigenvalue weighted by Crippen LogP contribution is -2.14. The van der Waals surface area contributed by atoms with Crippen LogP contribution in [0.2, 0.25) is 0 Å². The Hall–Kier alpha value is -1.67. The summed E-state index contributed by atoms with van der Waals surface area (Å²) in [5.41, 5.74) is 5.57. The molecular weight excluding hydrogens is 369 g/mol. The molecule has 0 aliphatic heterocycles. The van der Waals surface area contributed by atoms with E-state index in [-0.39, 0.29) is 25.7 Å². The highest BCUT2D eigenvalue weighted by atomic mass is 79.9. The third-order valence-electron chi connectivity index (χ3n) is 2.54. The first-order valence-electron chi connectivity index (χ1n) is 5.53. The highest BCUT2D eigenvalue weighted by Gasteiger charge is 2.16. The third-order valence-corrected chi connectivity index (χ3v) is 4.41. The van der Waals surface area contributed by atoms with Gasteiger partial charge in [0.15, 0.2) is 11.7 Å². The Morgan fingerprint density at radius 1 is 1.14 bits per heavy atom. The van der Waals surface area contributed by atoms with Crippen LogP contribution >= 0.6 is 27.7 Å². The van der Waals surface area contributed by atoms with Crippen LogP contribution in [0.25, 0.3) is 0 Å². The molecular formula is C13H8BrF3N2OS. The van der Waals surface area contributed by atoms with E-state index in [0.29, 0.717) is 0 Å². The van der Waals surface area contributed by atoms with Crippen molar-refractivity contribution in [1.29, 1.82) is 0 Å². The summed E-state index contributed by atoms with van der Waals surface area (Å²) in [6.07, 6.45) is 0. The van der Waals surface area contributed by atoms with Gasteiger partial charge < -0.3 is 10.9 Å². The second-order valence-corrected chi connectivity index (χ2v) is 5.78. The van der Waals surface area contributed by atoms with E-state index < -0.39 is 17.5 Å². The van der Waals surface area contributed by atoms with Gasteiger partial charge in [0.25, 0.3) is 0 Å². The first-order valence-corrected chi connectivity index (χ1v) is 7.13. The summed E-state index contributed by atoms with van der Waals surface area (Å²) in [4.78, 5) is 0.195. The Kier molecular flexibility index (Phi) is 4.79. The zero-order chi connectivity index (χ0) is 15.6. The van der Waals surface area contributed by atoms with E-state index in [9.17, 15) is 13.2 Å². The first kappa shape index (κ1) is 15.7. The Labute approximate surface area is 130 Å². The van der Waals surface area contributed by atoms with Gasteiger partial charge in [0.1, 0.15) is 11.6 Å². The lowest BCUT2D eigenvalue weighted by molar-refractivity contribution is 0.318. The van der Waals surface area contributed by atoms with Crippen LogP contribution in [0.5, 0.6) is 0 Å². The molecule has 110 valence electrons. The van der Waals surface area contributed by atoms with Crippen LogP contribution in [0.4, 0.5) is 13.2 Å². The molecule has 0 saturated carbocycles. The Morgan fingerprint density at radius 2 is 1.81 bits per heavy atom. The van der Waals surface area contributed by atoms with Crippen molar-refractivity contribution in [3.8, 4) is 0 Å². The van der Waals surface area contributed by atoms with E-state index in [2.05, 4.69) is 21.1 Å². The number of oxime groups is 1. The van der Waals surface area contributed by atoms with E-state index in [1.165, 1.54) is 18.2 Å². The lowest BCUT2D eigenvalue weighted by Gasteiger charge is -2.09. The highest BCUT2D eigenvalue weighted by molar-refractivity contribution is 9.10. The van der Waals surface area contributed by atoms with Crippen LogP contribution in [0.1, 0.15) is 5.56 Å². The van der Waals surface area contributed by atoms with Crippen molar-refractivity contribution < 1.29 is 18.4 Å². The SMILES string of the molecule is N/C(=N/O)c1ccc(Sc2ccc(F)cc2F)c(F)c1Br. The fraction of sp³-hybridized carbons (Fsp3) is 0. The summed E-state index contributed by atoms with van der Waals surface area (Å²) in [6.45, 7) is 0. The average Bonchev–Trinajstić information content (AvgIpc) is 2.46. The molecule has 0 spiro atoms. The molecule has 2 rings (SSSR count). The predicted octanol–water partition coefficient (Wildman–Crippen LogP) is 4.11. The normalized spacial score (nSPS) is 11.7. The second-order valence-electron chi connectivity index (χ2n) is 3.90. The maximum absolute atomic E-state index is 14.2. The Bertz CT molecular complexity index is 725. The number of rotatable bonds is 3. The van der Waals surface area contributed by atoms with E-state index in [1.54, 1.807) is 0 Å². The van der Waals surface area contributed by atoms with Gasteiger partial charge in [0, 0.05) is 21.4 Å². The highest BCUT2D eigenvalue weighted by Crippen LogP contribution is 2.35. The van der Waals surface area contributed by atoms with Crippen molar-refractivity contribution >= 4 is 33.5 Å². The van der Waals surface area contributed by atoms with E-state index >= 15 is 0 Å². The fourth-order valence-electron chi connectivity index (χ4n) is 1.54. The van der Waals surface area contributed by atoms with Crippen molar-refractivity contribution in [2.24, 2.45) is 10.9 Å². The molecule has 0 atom stereocenters. The topological polar surface area (TPSA) is 58.6 Å². The van der Waals surface area contributed by atoms with Crippen LogP contribution in [0, 0.1) is 17.5 Å². The molecule has 0 aliphatic rings. The second kappa shape index (κ2) is 6.40. The van der Waals surface area contributed by atoms with Crippen molar-refractivity contribution in [2.75, 3.05) is 0 Å². The minimum Gasteiger partial charge on any atom is -0.409 e. The van der Waals surface area contributed by atoms with Crippen LogP contribution in [-0.4, -0.2) is 11.0 Å². The lowest BCUT2D eigenvalue weighted by atomic mass is 10.2. The van der Waals surface area contributed by atoms with Gasteiger partial charge in [-0.2, -0.15) is 0 Å². The van der Waals surface area contributed by atoms with Gasteiger partial charge in [0.2, 0.25) is 0 Å². The molecule has 8 heteroatoms. The Balaban J connectivity index is 2.40. The monoisotopic (exact) mass is 376 g/mol. The fourth-order valence-corrected chi connectivity index (χ4v) is 3.08. The van der Waals surface area contributed by atoms with Crippen LogP contribution in [0.15, 0.2) is 49.8 Å². The molecule has 3 N–H and O–H groups in total. The first-order chi connectivity index (χ1) is 9.93. The largest absolute Gasteiger partial charge is 0.409 e. The van der Waals surface area contributed by atoms with Crippen LogP contribution in [-0.2, 0) is 0 Å². The summed E-state index contributed by atoms with van der Waals surface area (Å²) >= 11 is 3.80. The molecule has 0 unspecified atom stereocenters. The molecule has 0 heterocycles. The molecule has 2 aromatic carbocycles. The zero-order valence-corrected chi connectivity index (χ0v) is 12.7. The van der Waals surface area contributed by atoms with E-state index in [4.69, 9.17) is 10.9 Å². The molecule has 2 aromatic rings. The van der Waals surface area contributed by atoms with Gasteiger partial charge in [-0.1, -0.05) is 16.9 Å². The molecule has 0 saturated heterocycles. The summed E-state index contributed by atoms with van der Waals surface area (Å²) in [5.74, 6) is -2.44. The molecule has 3 nitrogen and oxygen atoms in total. The Morgan fingerprint density at radius 3 is 2.43 bits per heavy atom. The molecule has 0 bridgehead atoms. The maximum Gasteiger partial charge on any atom is 0.171 e. The van der Waals surface area contributed by atoms with E-state index in [1.807, 2.05) is 0 Å². The number of hydrogen-bond donors (Lipinski definition) is 2. The standard InChI is InChI=1S/C13H8BrF3N2OS/c14-11-7(13(18)19-20)2-4-10(12(11)17)21-9-3-1-6(15)5-8(9)16/h1-5,20H,(H2,18,19). The van der Waals surface area contributed by atoms with Crippen LogP contribution in [0.3, 0.4) is 0 Å². The number of amidine groups is 1. The van der Waals surface area contributed by atoms with Crippen LogP contribution < -0.4 is 5.73 Å². The molecule has 0 amide bonds. The summed E-state index contributed by atoms with van der Waals surface area (Å²) in [5, 5.41) is 11.4. The van der Waals surface area contributed by atoms with Gasteiger partial charge in [-0.25, -0.2) is 13.2 Å². The smallest absolute Gasteiger partial charge is 0.171 e. The number of benzene rings is 2. The summed E-state index contributed by atoms with van der Waals surface area (Å²) in [6, 6.07) is 5.82. The molecule has 0 aliphatic carbocycles. The quantitative estimate of drug-likeness (QED) is 0.366. The number of hydrogen-bond acceptors (Lipinski definition) is 3. The van der Waals surface area contributed by atoms with Gasteiger partial charge in [-0.05, 0) is 40.2 Å². The predicted molar refractivity (Wildman–Crippen MR) is 77.1 cm³/mol. The molecule has 0 aromatic heterocycles. The molecule has 0 radical (unpaired) electrons. The van der Waals surface area contributed by atoms with Gasteiger partial charge in [-0.15, -0.1) is 0 Å². The minimum absolute atomic E-state index is 0.00896. The van der Waals surface area contributed by atoms with Crippen molar-refractivity contribution in [3.63, 3.8) is 0 Å². The summed E-state index contributed by atoms with van der Waals surface area (Å²) < 4.78 is 40.6. The number of halogens is 4. The van der Waals surface area contributed by atoms with E-state index in [0.717, 1.165) is 23.9 Å². The zero-order valence-electron chi connectivity index (χ0n) is 10.3. The van der Waals surface area contributed by atoms with Crippen molar-refractivity contribution in [2.45, 2.75) is 9.79 Å². The van der Waals surface area contributed by atoms with Gasteiger partial charge in [0.05, 0.1) is 4.47 Å². The van der Waals surface area contributed by atoms with Crippen molar-refractivity contribution in [1.82, 2.24) is 0 Å². The minimum atomic E-state index is -0.781. The maximum atomic E-state index is 14.2. The number of nitrogens with two attached hydrogens (primary N) is 1.